The van der Waals surface area contributed by atoms with Crippen molar-refractivity contribution >= 4 is 17.5 Å². The van der Waals surface area contributed by atoms with E-state index in [0.717, 1.165) is 13.1 Å². The minimum absolute atomic E-state index is 0.156. The predicted octanol–water partition coefficient (Wildman–Crippen LogP) is 1.70. The maximum Gasteiger partial charge on any atom is 0.322 e. The number of aromatic nitrogens is 3. The summed E-state index contributed by atoms with van der Waals surface area (Å²) < 4.78 is 5.30. The van der Waals surface area contributed by atoms with E-state index < -0.39 is 0 Å². The first kappa shape index (κ1) is 15.9. The van der Waals surface area contributed by atoms with E-state index in [4.69, 9.17) is 16.3 Å². The van der Waals surface area contributed by atoms with Crippen molar-refractivity contribution in [3.63, 3.8) is 0 Å². The molecular weight excluding hydrogens is 266 g/mol. The molecule has 0 spiro atoms. The van der Waals surface area contributed by atoms with E-state index in [1.807, 2.05) is 21.0 Å². The van der Waals surface area contributed by atoms with Gasteiger partial charge in [-0.3, -0.25) is 0 Å². The molecule has 1 aromatic heterocycles. The molecule has 0 bridgehead atoms. The Hall–Kier alpha value is -1.14. The Morgan fingerprint density at radius 3 is 2.42 bits per heavy atom. The highest BCUT2D eigenvalue weighted by molar-refractivity contribution is 6.28. The van der Waals surface area contributed by atoms with Crippen molar-refractivity contribution in [2.45, 2.75) is 26.8 Å². The highest BCUT2D eigenvalue weighted by atomic mass is 35.5. The fourth-order valence-corrected chi connectivity index (χ4v) is 2.07. The molecule has 0 saturated carbocycles. The number of rotatable bonds is 7. The van der Waals surface area contributed by atoms with Crippen LogP contribution in [-0.2, 0) is 0 Å². The van der Waals surface area contributed by atoms with Gasteiger partial charge >= 0.3 is 6.01 Å². The van der Waals surface area contributed by atoms with Gasteiger partial charge in [0.25, 0.3) is 0 Å². The third-order valence-electron chi connectivity index (χ3n) is 2.61. The summed E-state index contributed by atoms with van der Waals surface area (Å²) in [5.41, 5.74) is 0. The Labute approximate surface area is 119 Å². The summed E-state index contributed by atoms with van der Waals surface area (Å²) in [7, 11) is 4.08. The minimum atomic E-state index is 0.156. The summed E-state index contributed by atoms with van der Waals surface area (Å²) in [6.07, 6.45) is 0. The van der Waals surface area contributed by atoms with Crippen LogP contribution in [0, 0.1) is 0 Å². The number of nitrogens with zero attached hydrogens (tertiary/aromatic N) is 5. The lowest BCUT2D eigenvalue weighted by Crippen LogP contribution is -2.41. The molecule has 1 atom stereocenters. The van der Waals surface area contributed by atoms with Crippen LogP contribution in [-0.4, -0.2) is 59.7 Å². The monoisotopic (exact) mass is 287 g/mol. The summed E-state index contributed by atoms with van der Waals surface area (Å²) in [5, 5.41) is 0.156. The highest BCUT2D eigenvalue weighted by Gasteiger charge is 2.18. The van der Waals surface area contributed by atoms with Gasteiger partial charge in [0.15, 0.2) is 0 Å². The third-order valence-corrected chi connectivity index (χ3v) is 2.78. The molecule has 0 aromatic carbocycles. The van der Waals surface area contributed by atoms with Crippen molar-refractivity contribution in [3.05, 3.63) is 5.28 Å². The molecule has 108 valence electrons. The van der Waals surface area contributed by atoms with Crippen molar-refractivity contribution in [3.8, 4) is 6.01 Å². The molecule has 0 aliphatic carbocycles. The van der Waals surface area contributed by atoms with E-state index in [-0.39, 0.29) is 17.3 Å². The topological polar surface area (TPSA) is 54.4 Å². The van der Waals surface area contributed by atoms with Crippen molar-refractivity contribution in [1.82, 2.24) is 19.9 Å². The number of ether oxygens (including phenoxy) is 1. The molecule has 6 nitrogen and oxygen atoms in total. The van der Waals surface area contributed by atoms with Crippen molar-refractivity contribution < 1.29 is 4.74 Å². The number of anilines is 1. The first-order chi connectivity index (χ1) is 8.97. The Kier molecular flexibility index (Phi) is 6.24. The second kappa shape index (κ2) is 7.45. The minimum Gasteiger partial charge on any atom is -0.464 e. The molecule has 1 aromatic rings. The van der Waals surface area contributed by atoms with Gasteiger partial charge in [0.1, 0.15) is 0 Å². The Bertz CT molecular complexity index is 402. The van der Waals surface area contributed by atoms with E-state index in [1.54, 1.807) is 0 Å². The third kappa shape index (κ3) is 4.80. The predicted molar refractivity (Wildman–Crippen MR) is 77.0 cm³/mol. The lowest BCUT2D eigenvalue weighted by atomic mass is 10.3. The van der Waals surface area contributed by atoms with Crippen LogP contribution in [0.2, 0.25) is 5.28 Å². The van der Waals surface area contributed by atoms with E-state index in [1.165, 1.54) is 0 Å². The molecule has 7 heteroatoms. The van der Waals surface area contributed by atoms with Crippen LogP contribution in [0.25, 0.3) is 0 Å². The maximum absolute atomic E-state index is 5.92. The van der Waals surface area contributed by atoms with Gasteiger partial charge in [-0.25, -0.2) is 0 Å². The van der Waals surface area contributed by atoms with Crippen LogP contribution in [0.15, 0.2) is 0 Å². The quantitative estimate of drug-likeness (QED) is 0.761. The van der Waals surface area contributed by atoms with Crippen LogP contribution in [0.4, 0.5) is 5.95 Å². The highest BCUT2D eigenvalue weighted by Crippen LogP contribution is 2.17. The van der Waals surface area contributed by atoms with Crippen LogP contribution < -0.4 is 9.64 Å². The average Bonchev–Trinajstić information content (AvgIpc) is 2.28. The summed E-state index contributed by atoms with van der Waals surface area (Å²) in [4.78, 5) is 16.6. The smallest absolute Gasteiger partial charge is 0.322 e. The van der Waals surface area contributed by atoms with Crippen LogP contribution >= 0.6 is 11.6 Å². The molecule has 0 aliphatic heterocycles. The molecule has 0 amide bonds. The van der Waals surface area contributed by atoms with Gasteiger partial charge in [0, 0.05) is 19.1 Å². The fourth-order valence-electron chi connectivity index (χ4n) is 1.92. The molecular formula is C12H22ClN5O. The van der Waals surface area contributed by atoms with E-state index in [0.29, 0.717) is 12.6 Å². The van der Waals surface area contributed by atoms with Crippen molar-refractivity contribution in [2.24, 2.45) is 0 Å². The SMILES string of the molecule is CCOc1nc(Cl)nc(N(CC)C(C)CN(C)C)n1. The maximum atomic E-state index is 5.92. The van der Waals surface area contributed by atoms with E-state index in [9.17, 15) is 0 Å². The zero-order valence-electron chi connectivity index (χ0n) is 12.2. The molecule has 0 aliphatic rings. The van der Waals surface area contributed by atoms with Gasteiger partial charge < -0.3 is 14.5 Å². The van der Waals surface area contributed by atoms with E-state index >= 15 is 0 Å². The molecule has 0 saturated heterocycles. The molecule has 1 unspecified atom stereocenters. The number of halogens is 1. The fraction of sp³-hybridized carbons (Fsp3) is 0.750. The Morgan fingerprint density at radius 1 is 1.21 bits per heavy atom. The van der Waals surface area contributed by atoms with Gasteiger partial charge in [-0.2, -0.15) is 15.0 Å². The second-order valence-electron chi connectivity index (χ2n) is 4.52. The molecule has 1 heterocycles. The summed E-state index contributed by atoms with van der Waals surface area (Å²) >= 11 is 5.92. The zero-order chi connectivity index (χ0) is 14.4. The number of likely N-dealkylation sites (N-methyl/N-ethyl adjacent to an activating group) is 2. The lowest BCUT2D eigenvalue weighted by Gasteiger charge is -2.30. The van der Waals surface area contributed by atoms with Gasteiger partial charge in [-0.05, 0) is 46.5 Å². The molecule has 0 fully saturated rings. The van der Waals surface area contributed by atoms with E-state index in [2.05, 4.69) is 38.6 Å². The van der Waals surface area contributed by atoms with Crippen LogP contribution in [0.3, 0.4) is 0 Å². The van der Waals surface area contributed by atoms with Crippen molar-refractivity contribution in [2.75, 3.05) is 38.7 Å². The molecule has 0 N–H and O–H groups in total. The lowest BCUT2D eigenvalue weighted by molar-refractivity contribution is 0.310. The zero-order valence-corrected chi connectivity index (χ0v) is 13.0. The average molecular weight is 288 g/mol. The Morgan fingerprint density at radius 2 is 1.89 bits per heavy atom. The first-order valence-electron chi connectivity index (χ1n) is 6.43. The van der Waals surface area contributed by atoms with Gasteiger partial charge in [0.05, 0.1) is 6.61 Å². The van der Waals surface area contributed by atoms with Gasteiger partial charge in [-0.1, -0.05) is 0 Å². The summed E-state index contributed by atoms with van der Waals surface area (Å²) in [5.74, 6) is 0.556. The summed E-state index contributed by atoms with van der Waals surface area (Å²) in [6.45, 7) is 8.26. The number of hydrogen-bond donors (Lipinski definition) is 0. The first-order valence-corrected chi connectivity index (χ1v) is 6.81. The summed E-state index contributed by atoms with van der Waals surface area (Å²) in [6, 6.07) is 0.543. The largest absolute Gasteiger partial charge is 0.464 e. The normalized spacial score (nSPS) is 12.6. The number of hydrogen-bond acceptors (Lipinski definition) is 6. The van der Waals surface area contributed by atoms with Crippen LogP contribution in [0.1, 0.15) is 20.8 Å². The second-order valence-corrected chi connectivity index (χ2v) is 4.86. The molecule has 19 heavy (non-hydrogen) atoms. The van der Waals surface area contributed by atoms with Gasteiger partial charge in [-0.15, -0.1) is 0 Å². The Balaban J connectivity index is 2.96. The molecule has 1 rings (SSSR count). The van der Waals surface area contributed by atoms with Gasteiger partial charge in [0.2, 0.25) is 11.2 Å². The van der Waals surface area contributed by atoms with Crippen molar-refractivity contribution in [1.29, 1.82) is 0 Å². The molecule has 0 radical (unpaired) electrons. The standard InChI is InChI=1S/C12H22ClN5O/c1-6-18(9(3)8-17(4)5)11-14-10(13)15-12(16-11)19-7-2/h9H,6-8H2,1-5H3. The van der Waals surface area contributed by atoms with Crippen LogP contribution in [0.5, 0.6) is 6.01 Å².